The van der Waals surface area contributed by atoms with Crippen molar-refractivity contribution in [3.05, 3.63) is 96.8 Å². The zero-order valence-corrected chi connectivity index (χ0v) is 25.2. The number of hydrogen-bond acceptors (Lipinski definition) is 0. The summed E-state index contributed by atoms with van der Waals surface area (Å²) < 4.78 is 0. The van der Waals surface area contributed by atoms with Crippen LogP contribution in [0.2, 0.25) is 0 Å². The Balaban J connectivity index is 0. The average molecular weight is 563 g/mol. The first-order valence-corrected chi connectivity index (χ1v) is 11.2. The van der Waals surface area contributed by atoms with Gasteiger partial charge >= 0.3 is 26.2 Å². The molecule has 0 bridgehead atoms. The van der Waals surface area contributed by atoms with Crippen LogP contribution in [0, 0.1) is 27.7 Å². The minimum atomic E-state index is 0. The largest absolute Gasteiger partial charge is 4.00 e. The third-order valence-electron chi connectivity index (χ3n) is 5.50. The number of hydrogen-bond donors (Lipinski definition) is 0. The van der Waals surface area contributed by atoms with Crippen LogP contribution >= 0.6 is 24.8 Å². The molecule has 0 saturated carbocycles. The van der Waals surface area contributed by atoms with Crippen LogP contribution in [0.4, 0.5) is 0 Å². The SMILES string of the molecule is Cc1[cH-]c2ccccc2c1C(C)C.Cc1[cH-]c2ccccc2c1C(C)C.Cl.Cl.[CH2-]CC[CH2-].[Zr+4]. The van der Waals surface area contributed by atoms with Gasteiger partial charge in [-0.3, -0.25) is 0 Å². The van der Waals surface area contributed by atoms with E-state index in [1.54, 1.807) is 0 Å². The van der Waals surface area contributed by atoms with Crippen molar-refractivity contribution in [1.29, 1.82) is 0 Å². The third kappa shape index (κ3) is 9.01. The van der Waals surface area contributed by atoms with Crippen LogP contribution in [-0.2, 0) is 26.2 Å². The van der Waals surface area contributed by atoms with E-state index < -0.39 is 0 Å². The molecule has 0 atom stereocenters. The maximum Gasteiger partial charge on any atom is 4.00 e. The van der Waals surface area contributed by atoms with Crippen LogP contribution in [0.5, 0.6) is 0 Å². The quantitative estimate of drug-likeness (QED) is 0.218. The second-order valence-electron chi connectivity index (χ2n) is 8.67. The molecule has 0 amide bonds. The van der Waals surface area contributed by atoms with Crippen molar-refractivity contribution in [3.8, 4) is 0 Å². The zero-order chi connectivity index (χ0) is 22.3. The summed E-state index contributed by atoms with van der Waals surface area (Å²) in [7, 11) is 0. The van der Waals surface area contributed by atoms with Crippen LogP contribution in [-0.4, -0.2) is 0 Å². The molecule has 0 aliphatic heterocycles. The summed E-state index contributed by atoms with van der Waals surface area (Å²) in [5.74, 6) is 1.25. The van der Waals surface area contributed by atoms with Gasteiger partial charge in [0, 0.05) is 0 Å². The summed E-state index contributed by atoms with van der Waals surface area (Å²) in [6.45, 7) is 20.5. The molecule has 4 rings (SSSR count). The van der Waals surface area contributed by atoms with E-state index in [9.17, 15) is 0 Å². The Morgan fingerprint density at radius 2 is 0.939 bits per heavy atom. The van der Waals surface area contributed by atoms with Crippen molar-refractivity contribution >= 4 is 46.4 Å². The van der Waals surface area contributed by atoms with E-state index in [0.717, 1.165) is 12.8 Å². The molecule has 0 unspecified atom stereocenters. The van der Waals surface area contributed by atoms with Gasteiger partial charge in [0.05, 0.1) is 0 Å². The molecule has 3 heteroatoms. The second kappa shape index (κ2) is 16.7. The molecule has 0 fully saturated rings. The Labute approximate surface area is 234 Å². The van der Waals surface area contributed by atoms with Gasteiger partial charge in [0.1, 0.15) is 0 Å². The van der Waals surface area contributed by atoms with Crippen LogP contribution in [0.1, 0.15) is 74.6 Å². The van der Waals surface area contributed by atoms with Gasteiger partial charge in [0.15, 0.2) is 0 Å². The minimum absolute atomic E-state index is 0. The standard InChI is InChI=1S/2C13H15.C4H8.2ClH.Zr/c2*1-9(2)13-10(3)8-11-6-4-5-7-12(11)13;1-3-4-2;;;/h2*4-9H,1-3H3;1-4H2;2*1H;/q2*-1;-2;;;+4. The Hall–Kier alpha value is -0.877. The average Bonchev–Trinajstić information content (AvgIpc) is 3.23. The molecular weight excluding hydrogens is 522 g/mol. The summed E-state index contributed by atoms with van der Waals surface area (Å²) in [5.41, 5.74) is 5.87. The number of aryl methyl sites for hydroxylation is 2. The molecule has 4 aromatic carbocycles. The molecule has 0 nitrogen and oxygen atoms in total. The van der Waals surface area contributed by atoms with Gasteiger partial charge in [-0.05, 0) is 0 Å². The van der Waals surface area contributed by atoms with E-state index in [1.165, 1.54) is 43.8 Å². The van der Waals surface area contributed by atoms with Gasteiger partial charge in [-0.1, -0.05) is 65.5 Å². The smallest absolute Gasteiger partial charge is 0.346 e. The molecule has 0 heterocycles. The molecule has 0 spiro atoms. The minimum Gasteiger partial charge on any atom is -0.346 e. The van der Waals surface area contributed by atoms with Gasteiger partial charge < -0.3 is 13.8 Å². The zero-order valence-electron chi connectivity index (χ0n) is 21.1. The Morgan fingerprint density at radius 3 is 1.21 bits per heavy atom. The van der Waals surface area contributed by atoms with Crippen LogP contribution in [0.15, 0.2) is 60.7 Å². The number of halogens is 2. The summed E-state index contributed by atoms with van der Waals surface area (Å²) in [6.07, 6.45) is 1.92. The first kappa shape index (κ1) is 34.3. The van der Waals surface area contributed by atoms with E-state index in [4.69, 9.17) is 0 Å². The Bertz CT molecular complexity index is 968. The fraction of sp³-hybridized carbons (Fsp3) is 0.333. The molecule has 0 N–H and O–H groups in total. The van der Waals surface area contributed by atoms with Crippen molar-refractivity contribution in [2.45, 2.75) is 66.2 Å². The summed E-state index contributed by atoms with van der Waals surface area (Å²) in [6, 6.07) is 21.8. The van der Waals surface area contributed by atoms with E-state index in [0.29, 0.717) is 11.8 Å². The molecule has 178 valence electrons. The van der Waals surface area contributed by atoms with Crippen molar-refractivity contribution in [2.75, 3.05) is 0 Å². The van der Waals surface area contributed by atoms with Crippen molar-refractivity contribution in [3.63, 3.8) is 0 Å². The van der Waals surface area contributed by atoms with Gasteiger partial charge in [-0.15, -0.1) is 117 Å². The summed E-state index contributed by atoms with van der Waals surface area (Å²) in [5, 5.41) is 5.61. The Kier molecular flexibility index (Phi) is 17.4. The van der Waals surface area contributed by atoms with E-state index in [-0.39, 0.29) is 51.0 Å². The van der Waals surface area contributed by atoms with Crippen molar-refractivity contribution in [2.24, 2.45) is 0 Å². The normalized spacial score (nSPS) is 9.88. The van der Waals surface area contributed by atoms with Crippen LogP contribution < -0.4 is 0 Å². The predicted molar refractivity (Wildman–Crippen MR) is 151 cm³/mol. The topological polar surface area (TPSA) is 0 Å². The monoisotopic (exact) mass is 560 g/mol. The molecule has 0 aliphatic rings. The van der Waals surface area contributed by atoms with Crippen molar-refractivity contribution < 1.29 is 26.2 Å². The Morgan fingerprint density at radius 1 is 0.636 bits per heavy atom. The van der Waals surface area contributed by atoms with Crippen molar-refractivity contribution in [1.82, 2.24) is 0 Å². The van der Waals surface area contributed by atoms with E-state index in [1.807, 2.05) is 0 Å². The van der Waals surface area contributed by atoms with Crippen LogP contribution in [0.25, 0.3) is 21.5 Å². The maximum atomic E-state index is 3.54. The first-order valence-electron chi connectivity index (χ1n) is 11.2. The summed E-state index contributed by atoms with van der Waals surface area (Å²) in [4.78, 5) is 0. The molecule has 0 saturated heterocycles. The fourth-order valence-electron chi connectivity index (χ4n) is 4.32. The molecule has 0 aromatic heterocycles. The first-order chi connectivity index (χ1) is 14.3. The van der Waals surface area contributed by atoms with Gasteiger partial charge in [0.2, 0.25) is 0 Å². The summed E-state index contributed by atoms with van der Waals surface area (Å²) >= 11 is 0. The molecule has 4 aromatic rings. The third-order valence-corrected chi connectivity index (χ3v) is 5.50. The maximum absolute atomic E-state index is 3.54. The number of benzene rings is 2. The molecule has 0 aliphatic carbocycles. The van der Waals surface area contributed by atoms with Gasteiger partial charge in [-0.25, -0.2) is 12.8 Å². The predicted octanol–water partition coefficient (Wildman–Crippen LogP) is 10.3. The number of fused-ring (bicyclic) bond motifs is 2. The van der Waals surface area contributed by atoms with Crippen LogP contribution in [0.3, 0.4) is 0 Å². The second-order valence-corrected chi connectivity index (χ2v) is 8.67. The number of rotatable bonds is 3. The molecule has 0 radical (unpaired) electrons. The van der Waals surface area contributed by atoms with E-state index >= 15 is 0 Å². The fourth-order valence-corrected chi connectivity index (χ4v) is 4.32. The van der Waals surface area contributed by atoms with Gasteiger partial charge in [0.25, 0.3) is 0 Å². The number of unbranched alkanes of at least 4 members (excludes halogenated alkanes) is 1. The van der Waals surface area contributed by atoms with Gasteiger partial charge in [-0.2, -0.15) is 0 Å². The van der Waals surface area contributed by atoms with E-state index in [2.05, 4.69) is 116 Å². The molecular formula is C30H40Cl2Zr. The molecule has 33 heavy (non-hydrogen) atoms.